The minimum atomic E-state index is -4.78. The smallest absolute Gasteiger partial charge is 0.416 e. The van der Waals surface area contributed by atoms with Crippen LogP contribution in [0.25, 0.3) is 11.3 Å². The van der Waals surface area contributed by atoms with E-state index in [1.807, 2.05) is 0 Å². The van der Waals surface area contributed by atoms with E-state index in [1.165, 1.54) is 26.2 Å². The summed E-state index contributed by atoms with van der Waals surface area (Å²) in [5, 5.41) is 9.46. The lowest BCUT2D eigenvalue weighted by Crippen LogP contribution is -2.33. The van der Waals surface area contributed by atoms with Crippen LogP contribution < -0.4 is 0 Å². The number of aliphatic hydroxyl groups is 1. The van der Waals surface area contributed by atoms with Gasteiger partial charge in [0.2, 0.25) is 10.0 Å². The number of carbonyl (C=O) groups excluding carboxylic acids is 1. The molecule has 0 unspecified atom stereocenters. The lowest BCUT2D eigenvalue weighted by atomic mass is 10.1. The molecular formula is C21H25F3N2O5S. The van der Waals surface area contributed by atoms with Crippen molar-refractivity contribution in [3.8, 4) is 11.3 Å². The minimum absolute atomic E-state index is 0.0270. The zero-order chi connectivity index (χ0) is 24.1. The molecule has 1 aromatic carbocycles. The fraction of sp³-hybridized carbons (Fsp3) is 0.429. The number of ether oxygens (including phenoxy) is 1. The number of likely N-dealkylation sites (N-methyl/N-ethyl adjacent to an activating group) is 1. The molecule has 0 saturated heterocycles. The predicted octanol–water partition coefficient (Wildman–Crippen LogP) is 3.26. The molecule has 11 heteroatoms. The lowest BCUT2D eigenvalue weighted by Gasteiger charge is -2.20. The Morgan fingerprint density at radius 2 is 1.94 bits per heavy atom. The first-order valence-electron chi connectivity index (χ1n) is 9.82. The van der Waals surface area contributed by atoms with E-state index in [4.69, 9.17) is 4.74 Å². The van der Waals surface area contributed by atoms with Crippen LogP contribution in [0.1, 0.15) is 31.4 Å². The summed E-state index contributed by atoms with van der Waals surface area (Å²) in [6.45, 7) is 3.06. The Kier molecular flexibility index (Phi) is 8.38. The molecule has 0 spiro atoms. The molecule has 2 rings (SSSR count). The van der Waals surface area contributed by atoms with Gasteiger partial charge in [-0.1, -0.05) is 6.07 Å². The summed E-state index contributed by atoms with van der Waals surface area (Å²) in [6.07, 6.45) is -3.87. The van der Waals surface area contributed by atoms with Gasteiger partial charge in [0.25, 0.3) is 0 Å². The first-order valence-corrected chi connectivity index (χ1v) is 11.3. The third-order valence-electron chi connectivity index (χ3n) is 4.51. The van der Waals surface area contributed by atoms with Crippen molar-refractivity contribution in [3.05, 3.63) is 47.7 Å². The second-order valence-electron chi connectivity index (χ2n) is 7.24. The summed E-state index contributed by atoms with van der Waals surface area (Å²) >= 11 is 0. The summed E-state index contributed by atoms with van der Waals surface area (Å²) in [5.74, 6) is -0.370. The fourth-order valence-corrected chi connectivity index (χ4v) is 4.26. The summed E-state index contributed by atoms with van der Waals surface area (Å²) in [7, 11) is -3.11. The van der Waals surface area contributed by atoms with Crippen LogP contribution in [0.5, 0.6) is 0 Å². The number of sulfonamides is 1. The maximum absolute atomic E-state index is 13.5. The Morgan fingerprint density at radius 1 is 1.25 bits per heavy atom. The Hall–Kier alpha value is -2.50. The Morgan fingerprint density at radius 3 is 2.47 bits per heavy atom. The summed E-state index contributed by atoms with van der Waals surface area (Å²) in [4.78, 5) is 15.1. The van der Waals surface area contributed by atoms with Crippen molar-refractivity contribution in [1.82, 2.24) is 9.29 Å². The molecule has 0 saturated carbocycles. The Bertz CT molecular complexity index is 1040. The maximum atomic E-state index is 13.5. The van der Waals surface area contributed by atoms with Crippen LogP contribution in [0.3, 0.4) is 0 Å². The molecule has 1 atom stereocenters. The van der Waals surface area contributed by atoms with E-state index in [0.717, 1.165) is 16.4 Å². The van der Waals surface area contributed by atoms with E-state index < -0.39 is 32.8 Å². The van der Waals surface area contributed by atoms with Crippen molar-refractivity contribution in [2.75, 3.05) is 20.2 Å². The highest BCUT2D eigenvalue weighted by Crippen LogP contribution is 2.35. The zero-order valence-corrected chi connectivity index (χ0v) is 18.7. The second-order valence-corrected chi connectivity index (χ2v) is 9.28. The van der Waals surface area contributed by atoms with Gasteiger partial charge in [-0.2, -0.15) is 17.5 Å². The number of pyridine rings is 1. The molecule has 0 aliphatic heterocycles. The van der Waals surface area contributed by atoms with Crippen molar-refractivity contribution in [2.24, 2.45) is 0 Å². The summed E-state index contributed by atoms with van der Waals surface area (Å²) < 4.78 is 71.5. The average Bonchev–Trinajstić information content (AvgIpc) is 2.71. The second kappa shape index (κ2) is 10.4. The molecule has 176 valence electrons. The molecule has 0 radical (unpaired) electrons. The number of rotatable bonds is 9. The largest absolute Gasteiger partial charge is 0.466 e. The standard InChI is InChI=1S/C21H25F3N2O5S/c1-4-31-20(28)8-6-15-5-7-19(25-12-15)16-9-17(21(22,23)24)11-18(10-16)32(29,30)26(3)13-14(2)27/h5,7,9-12,14,27H,4,6,8,13H2,1-3H3/t14-/m0/s1. The molecule has 0 aliphatic rings. The van der Waals surface area contributed by atoms with Gasteiger partial charge in [0.05, 0.1) is 28.9 Å². The molecule has 1 heterocycles. The van der Waals surface area contributed by atoms with Gasteiger partial charge in [0.15, 0.2) is 0 Å². The van der Waals surface area contributed by atoms with Gasteiger partial charge in [0, 0.05) is 31.8 Å². The van der Waals surface area contributed by atoms with Gasteiger partial charge in [-0.15, -0.1) is 0 Å². The monoisotopic (exact) mass is 474 g/mol. The van der Waals surface area contributed by atoms with Crippen molar-refractivity contribution in [1.29, 1.82) is 0 Å². The van der Waals surface area contributed by atoms with E-state index in [9.17, 15) is 31.5 Å². The Labute approximate surface area is 184 Å². The number of carbonyl (C=O) groups is 1. The van der Waals surface area contributed by atoms with Gasteiger partial charge < -0.3 is 9.84 Å². The quantitative estimate of drug-likeness (QED) is 0.561. The van der Waals surface area contributed by atoms with E-state index in [-0.39, 0.29) is 36.8 Å². The lowest BCUT2D eigenvalue weighted by molar-refractivity contribution is -0.143. The molecule has 0 amide bonds. The van der Waals surface area contributed by atoms with Crippen LogP contribution >= 0.6 is 0 Å². The van der Waals surface area contributed by atoms with Crippen LogP contribution in [0, 0.1) is 0 Å². The van der Waals surface area contributed by atoms with Gasteiger partial charge in [0.1, 0.15) is 0 Å². The number of nitrogens with zero attached hydrogens (tertiary/aromatic N) is 2. The van der Waals surface area contributed by atoms with E-state index in [1.54, 1.807) is 13.0 Å². The number of halogens is 3. The number of benzene rings is 1. The molecule has 2 aromatic rings. The van der Waals surface area contributed by atoms with Crippen LogP contribution in [0.15, 0.2) is 41.4 Å². The van der Waals surface area contributed by atoms with Crippen LogP contribution in [-0.2, 0) is 32.2 Å². The highest BCUT2D eigenvalue weighted by molar-refractivity contribution is 7.89. The molecule has 0 bridgehead atoms. The minimum Gasteiger partial charge on any atom is -0.466 e. The topological polar surface area (TPSA) is 96.8 Å². The SMILES string of the molecule is CCOC(=O)CCc1ccc(-c2cc(C(F)(F)F)cc(S(=O)(=O)N(C)C[C@H](C)O)c2)nc1. The third-order valence-corrected chi connectivity index (χ3v) is 6.31. The van der Waals surface area contributed by atoms with Gasteiger partial charge >= 0.3 is 12.1 Å². The van der Waals surface area contributed by atoms with Crippen LogP contribution in [-0.4, -0.2) is 55.1 Å². The van der Waals surface area contributed by atoms with Crippen molar-refractivity contribution in [3.63, 3.8) is 0 Å². The first-order chi connectivity index (χ1) is 14.8. The number of aromatic nitrogens is 1. The van der Waals surface area contributed by atoms with Gasteiger partial charge in [-0.3, -0.25) is 9.78 Å². The number of aryl methyl sites for hydroxylation is 1. The van der Waals surface area contributed by atoms with Crippen LogP contribution in [0.2, 0.25) is 0 Å². The van der Waals surface area contributed by atoms with Gasteiger partial charge in [-0.05, 0) is 50.1 Å². The fourth-order valence-electron chi connectivity index (χ4n) is 2.93. The summed E-state index contributed by atoms with van der Waals surface area (Å²) in [6, 6.07) is 5.57. The third kappa shape index (κ3) is 6.75. The zero-order valence-electron chi connectivity index (χ0n) is 17.9. The first kappa shape index (κ1) is 25.8. The maximum Gasteiger partial charge on any atom is 0.416 e. The van der Waals surface area contributed by atoms with Crippen molar-refractivity contribution in [2.45, 2.75) is 43.9 Å². The number of hydrogen-bond donors (Lipinski definition) is 1. The van der Waals surface area contributed by atoms with E-state index in [0.29, 0.717) is 18.1 Å². The average molecular weight is 475 g/mol. The van der Waals surface area contributed by atoms with Crippen molar-refractivity contribution < 1.29 is 36.2 Å². The highest BCUT2D eigenvalue weighted by Gasteiger charge is 2.34. The molecule has 1 N–H and O–H groups in total. The van der Waals surface area contributed by atoms with E-state index >= 15 is 0 Å². The molecule has 0 aliphatic carbocycles. The molecule has 7 nitrogen and oxygen atoms in total. The van der Waals surface area contributed by atoms with Crippen molar-refractivity contribution >= 4 is 16.0 Å². The molecular weight excluding hydrogens is 449 g/mol. The van der Waals surface area contributed by atoms with Gasteiger partial charge in [-0.25, -0.2) is 8.42 Å². The Balaban J connectivity index is 2.41. The predicted molar refractivity (Wildman–Crippen MR) is 111 cm³/mol. The number of hydrogen-bond acceptors (Lipinski definition) is 6. The molecule has 1 aromatic heterocycles. The summed E-state index contributed by atoms with van der Waals surface area (Å²) in [5.41, 5.74) is -0.336. The number of aliphatic hydroxyl groups excluding tert-OH is 1. The number of alkyl halides is 3. The molecule has 32 heavy (non-hydrogen) atoms. The number of esters is 1. The van der Waals surface area contributed by atoms with E-state index in [2.05, 4.69) is 4.98 Å². The normalized spacial score (nSPS) is 13.2. The van der Waals surface area contributed by atoms with Crippen LogP contribution in [0.4, 0.5) is 13.2 Å². The highest BCUT2D eigenvalue weighted by atomic mass is 32.2. The molecule has 0 fully saturated rings.